The second-order valence-corrected chi connectivity index (χ2v) is 10.6. The molecule has 2 aromatic heterocycles. The smallest absolute Gasteiger partial charge is 0.399 e. The minimum Gasteiger partial charge on any atom is -0.399 e. The highest BCUT2D eigenvalue weighted by Crippen LogP contribution is 2.36. The third-order valence-corrected chi connectivity index (χ3v) is 6.27. The number of rotatable bonds is 4. The van der Waals surface area contributed by atoms with Crippen molar-refractivity contribution >= 4 is 30.2 Å². The molecule has 0 bridgehead atoms. The first kappa shape index (κ1) is 24.0. The number of carbonyl (C=O) groups is 1. The third kappa shape index (κ3) is 4.86. The molecule has 1 aromatic carbocycles. The summed E-state index contributed by atoms with van der Waals surface area (Å²) in [6, 6.07) is 14.8. The Balaban J connectivity index is 1.48. The molecule has 0 radical (unpaired) electrons. The van der Waals surface area contributed by atoms with Gasteiger partial charge in [-0.05, 0) is 45.9 Å². The van der Waals surface area contributed by atoms with Gasteiger partial charge in [0.05, 0.1) is 22.6 Å². The standard InChI is InChI=1S/C25H32BN5O3/c1-23(2,3)19-15-21(31(30-19)18-11-9-8-10-12-18)29-22(32)28-20-14-13-17(16-27-20)26-33-24(4,5)25(6,7)34-26/h8-16H,1-7H3,(H2,27,28,29,32). The molecule has 2 amide bonds. The largest absolute Gasteiger partial charge is 0.496 e. The van der Waals surface area contributed by atoms with Crippen molar-refractivity contribution in [2.24, 2.45) is 0 Å². The summed E-state index contributed by atoms with van der Waals surface area (Å²) in [5, 5.41) is 10.4. The molecule has 2 N–H and O–H groups in total. The van der Waals surface area contributed by atoms with Gasteiger partial charge >= 0.3 is 13.1 Å². The number of amides is 2. The lowest BCUT2D eigenvalue weighted by Crippen LogP contribution is -2.41. The maximum atomic E-state index is 12.8. The highest BCUT2D eigenvalue weighted by atomic mass is 16.7. The van der Waals surface area contributed by atoms with Gasteiger partial charge < -0.3 is 9.31 Å². The van der Waals surface area contributed by atoms with Gasteiger partial charge in [0.2, 0.25) is 0 Å². The van der Waals surface area contributed by atoms with Gasteiger partial charge in [-0.1, -0.05) is 45.0 Å². The molecule has 0 saturated carbocycles. The molecule has 9 heteroatoms. The van der Waals surface area contributed by atoms with Gasteiger partial charge in [-0.15, -0.1) is 0 Å². The number of carbonyl (C=O) groups excluding carboxylic acids is 1. The molecule has 0 atom stereocenters. The maximum absolute atomic E-state index is 12.8. The summed E-state index contributed by atoms with van der Waals surface area (Å²) in [5.74, 6) is 0.988. The monoisotopic (exact) mass is 461 g/mol. The van der Waals surface area contributed by atoms with Crippen molar-refractivity contribution in [2.75, 3.05) is 10.6 Å². The predicted molar refractivity (Wildman–Crippen MR) is 135 cm³/mol. The third-order valence-electron chi connectivity index (χ3n) is 6.27. The lowest BCUT2D eigenvalue weighted by Gasteiger charge is -2.32. The Morgan fingerprint density at radius 2 is 1.62 bits per heavy atom. The average Bonchev–Trinajstić information content (AvgIpc) is 3.27. The number of aromatic nitrogens is 3. The number of hydrogen-bond acceptors (Lipinski definition) is 5. The molecule has 1 fully saturated rings. The van der Waals surface area contributed by atoms with Crippen LogP contribution in [0.4, 0.5) is 16.4 Å². The summed E-state index contributed by atoms with van der Waals surface area (Å²) in [5.41, 5.74) is 1.50. The van der Waals surface area contributed by atoms with Crippen LogP contribution < -0.4 is 16.1 Å². The van der Waals surface area contributed by atoms with E-state index in [4.69, 9.17) is 14.4 Å². The summed E-state index contributed by atoms with van der Waals surface area (Å²) < 4.78 is 13.9. The van der Waals surface area contributed by atoms with Crippen molar-refractivity contribution in [3.05, 3.63) is 60.4 Å². The van der Waals surface area contributed by atoms with E-state index in [-0.39, 0.29) is 5.41 Å². The molecule has 178 valence electrons. The number of nitrogens with one attached hydrogen (secondary N) is 2. The molecule has 0 aliphatic carbocycles. The Hall–Kier alpha value is -3.17. The fraction of sp³-hybridized carbons (Fsp3) is 0.400. The molecule has 1 aliphatic heterocycles. The zero-order chi connectivity index (χ0) is 24.7. The molecule has 3 aromatic rings. The van der Waals surface area contributed by atoms with Gasteiger partial charge in [0.25, 0.3) is 0 Å². The van der Waals surface area contributed by atoms with E-state index >= 15 is 0 Å². The Morgan fingerprint density at radius 1 is 0.971 bits per heavy atom. The van der Waals surface area contributed by atoms with Crippen LogP contribution in [0, 0.1) is 0 Å². The fourth-order valence-corrected chi connectivity index (χ4v) is 3.46. The SMILES string of the molecule is CC(C)(C)c1cc(NC(=O)Nc2ccc(B3OC(C)(C)C(C)(C)O3)cn2)n(-c2ccccc2)n1. The van der Waals surface area contributed by atoms with E-state index in [1.165, 1.54) is 0 Å². The Bertz CT molecular complexity index is 1150. The van der Waals surface area contributed by atoms with Gasteiger partial charge in [0.1, 0.15) is 11.6 Å². The number of urea groups is 1. The number of para-hydroxylation sites is 1. The van der Waals surface area contributed by atoms with Crippen molar-refractivity contribution in [3.63, 3.8) is 0 Å². The van der Waals surface area contributed by atoms with E-state index in [9.17, 15) is 4.79 Å². The Kier molecular flexibility index (Phi) is 6.04. The van der Waals surface area contributed by atoms with Crippen LogP contribution in [0.1, 0.15) is 54.2 Å². The number of benzene rings is 1. The summed E-state index contributed by atoms with van der Waals surface area (Å²) in [7, 11) is -0.503. The quantitative estimate of drug-likeness (QED) is 0.558. The molecule has 0 spiro atoms. The molecule has 0 unspecified atom stereocenters. The van der Waals surface area contributed by atoms with Crippen LogP contribution in [-0.2, 0) is 14.7 Å². The van der Waals surface area contributed by atoms with Crippen molar-refractivity contribution in [1.29, 1.82) is 0 Å². The lowest BCUT2D eigenvalue weighted by atomic mass is 9.80. The molecule has 3 heterocycles. The summed E-state index contributed by atoms with van der Waals surface area (Å²) >= 11 is 0. The van der Waals surface area contributed by atoms with Crippen LogP contribution in [0.5, 0.6) is 0 Å². The Morgan fingerprint density at radius 3 is 2.18 bits per heavy atom. The second kappa shape index (κ2) is 8.56. The average molecular weight is 461 g/mol. The van der Waals surface area contributed by atoms with Crippen LogP contribution in [0.2, 0.25) is 0 Å². The van der Waals surface area contributed by atoms with Crippen LogP contribution in [0.25, 0.3) is 5.69 Å². The van der Waals surface area contributed by atoms with E-state index in [0.29, 0.717) is 11.6 Å². The van der Waals surface area contributed by atoms with Gasteiger partial charge in [-0.3, -0.25) is 10.6 Å². The fourth-order valence-electron chi connectivity index (χ4n) is 3.46. The predicted octanol–water partition coefficient (Wildman–Crippen LogP) is 4.51. The van der Waals surface area contributed by atoms with Gasteiger partial charge in [0.15, 0.2) is 0 Å². The van der Waals surface area contributed by atoms with E-state index < -0.39 is 24.4 Å². The van der Waals surface area contributed by atoms with Gasteiger partial charge in [-0.25, -0.2) is 14.5 Å². The van der Waals surface area contributed by atoms with Crippen molar-refractivity contribution in [3.8, 4) is 5.69 Å². The highest BCUT2D eigenvalue weighted by Gasteiger charge is 2.51. The van der Waals surface area contributed by atoms with Crippen LogP contribution in [-0.4, -0.2) is 39.1 Å². The lowest BCUT2D eigenvalue weighted by molar-refractivity contribution is 0.00578. The van der Waals surface area contributed by atoms with Crippen LogP contribution >= 0.6 is 0 Å². The van der Waals surface area contributed by atoms with Gasteiger partial charge in [-0.2, -0.15) is 5.10 Å². The van der Waals surface area contributed by atoms with E-state index in [1.54, 1.807) is 16.9 Å². The first-order chi connectivity index (χ1) is 15.9. The molecule has 1 saturated heterocycles. The minimum atomic E-state index is -0.503. The van der Waals surface area contributed by atoms with E-state index in [2.05, 4.69) is 36.4 Å². The van der Waals surface area contributed by atoms with Gasteiger partial charge in [0, 0.05) is 23.1 Å². The molecular formula is C25H32BN5O3. The number of nitrogens with zero attached hydrogens (tertiary/aromatic N) is 3. The molecule has 4 rings (SSSR count). The second-order valence-electron chi connectivity index (χ2n) is 10.6. The van der Waals surface area contributed by atoms with Crippen LogP contribution in [0.3, 0.4) is 0 Å². The number of pyridine rings is 1. The molecule has 34 heavy (non-hydrogen) atoms. The maximum Gasteiger partial charge on any atom is 0.496 e. The Labute approximate surface area is 201 Å². The first-order valence-electron chi connectivity index (χ1n) is 11.4. The summed E-state index contributed by atoms with van der Waals surface area (Å²) in [4.78, 5) is 17.2. The first-order valence-corrected chi connectivity index (χ1v) is 11.4. The molecular weight excluding hydrogens is 429 g/mol. The highest BCUT2D eigenvalue weighted by molar-refractivity contribution is 6.62. The van der Waals surface area contributed by atoms with E-state index in [0.717, 1.165) is 16.8 Å². The number of hydrogen-bond donors (Lipinski definition) is 2. The summed E-state index contributed by atoms with van der Waals surface area (Å²) in [6.45, 7) is 14.3. The van der Waals surface area contributed by atoms with Crippen molar-refractivity contribution < 1.29 is 14.1 Å². The zero-order valence-electron chi connectivity index (χ0n) is 20.8. The summed E-state index contributed by atoms with van der Waals surface area (Å²) in [6.07, 6.45) is 1.66. The van der Waals surface area contributed by atoms with Crippen LogP contribution in [0.15, 0.2) is 54.7 Å². The normalized spacial score (nSPS) is 17.0. The zero-order valence-corrected chi connectivity index (χ0v) is 20.8. The van der Waals surface area contributed by atoms with Crippen molar-refractivity contribution in [2.45, 2.75) is 65.1 Å². The topological polar surface area (TPSA) is 90.3 Å². The number of anilines is 2. The van der Waals surface area contributed by atoms with Crippen molar-refractivity contribution in [1.82, 2.24) is 14.8 Å². The van der Waals surface area contributed by atoms with E-state index in [1.807, 2.05) is 70.2 Å². The minimum absolute atomic E-state index is 0.169. The molecule has 1 aliphatic rings. The molecule has 8 nitrogen and oxygen atoms in total.